The highest BCUT2D eigenvalue weighted by Crippen LogP contribution is 2.34. The molecule has 0 bridgehead atoms. The van der Waals surface area contributed by atoms with Crippen molar-refractivity contribution in [3.05, 3.63) is 0 Å². The predicted molar refractivity (Wildman–Crippen MR) is 82.5 cm³/mol. The maximum Gasteiger partial charge on any atom is 0.108 e. The van der Waals surface area contributed by atoms with Crippen LogP contribution in [0.15, 0.2) is 0 Å². The fourth-order valence-electron chi connectivity index (χ4n) is 4.15. The van der Waals surface area contributed by atoms with Crippen LogP contribution in [0.3, 0.4) is 0 Å². The van der Waals surface area contributed by atoms with Crippen LogP contribution in [0.1, 0.15) is 39.5 Å². The zero-order valence-electron chi connectivity index (χ0n) is 13.5. The van der Waals surface area contributed by atoms with Crippen molar-refractivity contribution in [3.8, 4) is 6.07 Å². The summed E-state index contributed by atoms with van der Waals surface area (Å²) in [6.45, 7) is 7.68. The van der Waals surface area contributed by atoms with Crippen LogP contribution in [0.25, 0.3) is 0 Å². The third kappa shape index (κ3) is 3.16. The summed E-state index contributed by atoms with van der Waals surface area (Å²) in [6.07, 6.45) is 4.42. The van der Waals surface area contributed by atoms with Gasteiger partial charge in [-0.25, -0.2) is 0 Å². The van der Waals surface area contributed by atoms with Crippen LogP contribution in [-0.4, -0.2) is 61.2 Å². The van der Waals surface area contributed by atoms with E-state index in [1.807, 2.05) is 0 Å². The van der Waals surface area contributed by atoms with Crippen LogP contribution < -0.4 is 5.32 Å². The van der Waals surface area contributed by atoms with E-state index in [-0.39, 0.29) is 5.54 Å². The van der Waals surface area contributed by atoms with Crippen LogP contribution in [0.2, 0.25) is 0 Å². The first-order chi connectivity index (χ1) is 9.51. The van der Waals surface area contributed by atoms with Gasteiger partial charge in [-0.3, -0.25) is 10.2 Å². The number of nitriles is 1. The molecule has 0 spiro atoms. The largest absolute Gasteiger partial charge is 0.305 e. The van der Waals surface area contributed by atoms with E-state index in [4.69, 9.17) is 0 Å². The van der Waals surface area contributed by atoms with Gasteiger partial charge in [-0.2, -0.15) is 5.26 Å². The molecule has 1 aliphatic carbocycles. The number of nitrogens with one attached hydrogen (secondary N) is 1. The van der Waals surface area contributed by atoms with Crippen molar-refractivity contribution in [1.82, 2.24) is 15.1 Å². The lowest BCUT2D eigenvalue weighted by Gasteiger charge is -2.40. The summed E-state index contributed by atoms with van der Waals surface area (Å²) < 4.78 is 0. The highest BCUT2D eigenvalue weighted by molar-refractivity contribution is 5.11. The van der Waals surface area contributed by atoms with E-state index < -0.39 is 0 Å². The van der Waals surface area contributed by atoms with Crippen LogP contribution in [0.5, 0.6) is 0 Å². The van der Waals surface area contributed by atoms with Gasteiger partial charge in [0.05, 0.1) is 6.07 Å². The molecular weight excluding hydrogens is 248 g/mol. The average molecular weight is 278 g/mol. The summed E-state index contributed by atoms with van der Waals surface area (Å²) in [7, 11) is 4.37. The zero-order valence-corrected chi connectivity index (χ0v) is 13.5. The molecule has 1 N–H and O–H groups in total. The van der Waals surface area contributed by atoms with Crippen molar-refractivity contribution >= 4 is 0 Å². The monoisotopic (exact) mass is 278 g/mol. The van der Waals surface area contributed by atoms with Gasteiger partial charge in [0.2, 0.25) is 0 Å². The minimum absolute atomic E-state index is 0.281. The Morgan fingerprint density at radius 2 is 2.15 bits per heavy atom. The number of nitrogens with zero attached hydrogens (tertiary/aromatic N) is 3. The first-order valence-electron chi connectivity index (χ1n) is 8.08. The van der Waals surface area contributed by atoms with E-state index in [1.54, 1.807) is 0 Å². The van der Waals surface area contributed by atoms with Gasteiger partial charge in [0, 0.05) is 25.2 Å². The topological polar surface area (TPSA) is 42.3 Å². The third-order valence-electron chi connectivity index (χ3n) is 5.23. The molecule has 1 saturated heterocycles. The van der Waals surface area contributed by atoms with Gasteiger partial charge in [0.1, 0.15) is 5.54 Å². The van der Waals surface area contributed by atoms with Crippen molar-refractivity contribution in [3.63, 3.8) is 0 Å². The first-order valence-corrected chi connectivity index (χ1v) is 8.08. The van der Waals surface area contributed by atoms with Gasteiger partial charge >= 0.3 is 0 Å². The summed E-state index contributed by atoms with van der Waals surface area (Å²) in [5, 5.41) is 13.0. The summed E-state index contributed by atoms with van der Waals surface area (Å²) in [4.78, 5) is 4.99. The SMILES string of the molecule is CCNC1(C#N)CCCC(N2CC(C)C(N(C)C)C2)C1. The zero-order chi connectivity index (χ0) is 14.8. The molecule has 1 heterocycles. The molecule has 0 aromatic carbocycles. The molecule has 2 aliphatic rings. The number of rotatable bonds is 4. The second-order valence-corrected chi connectivity index (χ2v) is 6.94. The number of hydrogen-bond donors (Lipinski definition) is 1. The Morgan fingerprint density at radius 1 is 1.40 bits per heavy atom. The van der Waals surface area contributed by atoms with Crippen LogP contribution in [0.4, 0.5) is 0 Å². The van der Waals surface area contributed by atoms with Gasteiger partial charge in [-0.1, -0.05) is 13.8 Å². The molecule has 0 amide bonds. The van der Waals surface area contributed by atoms with E-state index in [0.29, 0.717) is 12.1 Å². The van der Waals surface area contributed by atoms with Crippen LogP contribution in [0, 0.1) is 17.2 Å². The van der Waals surface area contributed by atoms with E-state index in [0.717, 1.165) is 31.8 Å². The second-order valence-electron chi connectivity index (χ2n) is 6.94. The maximum atomic E-state index is 9.59. The molecule has 20 heavy (non-hydrogen) atoms. The molecule has 0 aromatic heterocycles. The molecule has 4 nitrogen and oxygen atoms in total. The second kappa shape index (κ2) is 6.43. The lowest BCUT2D eigenvalue weighted by Crippen LogP contribution is -2.52. The molecule has 1 saturated carbocycles. The summed E-state index contributed by atoms with van der Waals surface area (Å²) >= 11 is 0. The molecule has 114 valence electrons. The van der Waals surface area contributed by atoms with Crippen molar-refractivity contribution in [2.24, 2.45) is 5.92 Å². The Morgan fingerprint density at radius 3 is 2.70 bits per heavy atom. The number of likely N-dealkylation sites (N-methyl/N-ethyl adjacent to an activating group) is 1. The number of hydrogen-bond acceptors (Lipinski definition) is 4. The van der Waals surface area contributed by atoms with Gasteiger partial charge in [0.25, 0.3) is 0 Å². The summed E-state index contributed by atoms with van der Waals surface area (Å²) in [5.41, 5.74) is -0.281. The predicted octanol–water partition coefficient (Wildman–Crippen LogP) is 1.68. The summed E-state index contributed by atoms with van der Waals surface area (Å²) in [5.74, 6) is 0.725. The smallest absolute Gasteiger partial charge is 0.108 e. The molecule has 1 aliphatic heterocycles. The van der Waals surface area contributed by atoms with Crippen molar-refractivity contribution in [1.29, 1.82) is 5.26 Å². The lowest BCUT2D eigenvalue weighted by atomic mass is 9.79. The lowest BCUT2D eigenvalue weighted by molar-refractivity contribution is 0.135. The molecule has 0 aromatic rings. The van der Waals surface area contributed by atoms with Crippen molar-refractivity contribution in [2.45, 2.75) is 57.2 Å². The average Bonchev–Trinajstić information content (AvgIpc) is 2.82. The van der Waals surface area contributed by atoms with Gasteiger partial charge in [0.15, 0.2) is 0 Å². The Balaban J connectivity index is 2.01. The van der Waals surface area contributed by atoms with Gasteiger partial charge in [-0.05, 0) is 52.2 Å². The maximum absolute atomic E-state index is 9.59. The van der Waals surface area contributed by atoms with E-state index in [1.165, 1.54) is 19.4 Å². The fourth-order valence-corrected chi connectivity index (χ4v) is 4.15. The summed E-state index contributed by atoms with van der Waals surface area (Å²) in [6, 6.07) is 3.81. The minimum atomic E-state index is -0.281. The Hall–Kier alpha value is -0.630. The highest BCUT2D eigenvalue weighted by Gasteiger charge is 2.41. The Kier molecular flexibility index (Phi) is 5.06. The molecule has 2 fully saturated rings. The third-order valence-corrected chi connectivity index (χ3v) is 5.23. The van der Waals surface area contributed by atoms with Crippen LogP contribution in [-0.2, 0) is 0 Å². The Bertz CT molecular complexity index is 358. The molecular formula is C16H30N4. The van der Waals surface area contributed by atoms with Crippen molar-refractivity contribution in [2.75, 3.05) is 33.7 Å². The molecule has 4 unspecified atom stereocenters. The van der Waals surface area contributed by atoms with Gasteiger partial charge in [-0.15, -0.1) is 0 Å². The molecule has 4 heteroatoms. The molecule has 0 radical (unpaired) electrons. The molecule has 4 atom stereocenters. The normalized spacial score (nSPS) is 39.1. The quantitative estimate of drug-likeness (QED) is 0.849. The van der Waals surface area contributed by atoms with Gasteiger partial charge < -0.3 is 4.90 Å². The first kappa shape index (κ1) is 15.8. The van der Waals surface area contributed by atoms with E-state index in [9.17, 15) is 5.26 Å². The fraction of sp³-hybridized carbons (Fsp3) is 0.938. The number of likely N-dealkylation sites (tertiary alicyclic amines) is 1. The highest BCUT2D eigenvalue weighted by atomic mass is 15.3. The Labute approximate surface area is 124 Å². The minimum Gasteiger partial charge on any atom is -0.305 e. The van der Waals surface area contributed by atoms with E-state index >= 15 is 0 Å². The van der Waals surface area contributed by atoms with Crippen LogP contribution >= 0.6 is 0 Å². The van der Waals surface area contributed by atoms with Crippen molar-refractivity contribution < 1.29 is 0 Å². The standard InChI is InChI=1S/C16H30N4/c1-5-18-16(12-17)8-6-7-14(9-16)20-10-13(2)15(11-20)19(3)4/h13-15,18H,5-11H2,1-4H3. The van der Waals surface area contributed by atoms with E-state index in [2.05, 4.69) is 49.1 Å². The molecule has 2 rings (SSSR count).